The highest BCUT2D eigenvalue weighted by atomic mass is 16.2. The fourth-order valence-electron chi connectivity index (χ4n) is 2.20. The lowest BCUT2D eigenvalue weighted by Gasteiger charge is -2.29. The maximum absolute atomic E-state index is 11.6. The summed E-state index contributed by atoms with van der Waals surface area (Å²) in [6, 6.07) is 0. The summed E-state index contributed by atoms with van der Waals surface area (Å²) in [5.41, 5.74) is 5.08. The van der Waals surface area contributed by atoms with Gasteiger partial charge < -0.3 is 16.0 Å². The summed E-state index contributed by atoms with van der Waals surface area (Å²) in [4.78, 5) is 24.6. The van der Waals surface area contributed by atoms with E-state index in [1.807, 2.05) is 6.92 Å². The Morgan fingerprint density at radius 3 is 2.61 bits per heavy atom. The first-order valence-corrected chi connectivity index (χ1v) is 6.57. The number of carbonyl (C=O) groups excluding carboxylic acids is 2. The fourth-order valence-corrected chi connectivity index (χ4v) is 2.20. The molecule has 1 fully saturated rings. The summed E-state index contributed by atoms with van der Waals surface area (Å²) < 4.78 is 0. The highest BCUT2D eigenvalue weighted by Gasteiger charge is 2.18. The van der Waals surface area contributed by atoms with Gasteiger partial charge in [-0.05, 0) is 44.8 Å². The Morgan fingerprint density at radius 2 is 2.06 bits per heavy atom. The normalized spacial score (nSPS) is 19.4. The molecule has 0 bridgehead atoms. The first-order chi connectivity index (χ1) is 8.47. The summed E-state index contributed by atoms with van der Waals surface area (Å²) in [6.45, 7) is 4.75. The molecule has 1 heterocycles. The Bertz CT molecular complexity index is 286. The van der Waals surface area contributed by atoms with Gasteiger partial charge in [0.15, 0.2) is 0 Å². The predicted octanol–water partition coefficient (Wildman–Crippen LogP) is 0.160. The Hall–Kier alpha value is -1.10. The molecule has 1 saturated heterocycles. The molecule has 5 heteroatoms. The third kappa shape index (κ3) is 6.00. The molecule has 1 aliphatic rings. The van der Waals surface area contributed by atoms with Crippen molar-refractivity contribution in [2.45, 2.75) is 26.2 Å². The molecule has 103 valence electrons. The van der Waals surface area contributed by atoms with Gasteiger partial charge in [-0.15, -0.1) is 0 Å². The van der Waals surface area contributed by atoms with Crippen molar-refractivity contribution in [1.29, 1.82) is 0 Å². The van der Waals surface area contributed by atoms with Gasteiger partial charge in [-0.25, -0.2) is 0 Å². The van der Waals surface area contributed by atoms with E-state index in [1.54, 1.807) is 6.42 Å². The average molecular weight is 254 g/mol. The van der Waals surface area contributed by atoms with Gasteiger partial charge in [0, 0.05) is 13.0 Å². The average Bonchev–Trinajstić information content (AvgIpc) is 2.27. The summed E-state index contributed by atoms with van der Waals surface area (Å²) in [5, 5.41) is 2.91. The number of carbonyl (C=O) groups is 2. The maximum atomic E-state index is 11.6. The van der Waals surface area contributed by atoms with E-state index in [0.29, 0.717) is 5.92 Å². The molecule has 3 N–H and O–H groups in total. The minimum Gasteiger partial charge on any atom is -0.370 e. The van der Waals surface area contributed by atoms with Crippen LogP contribution in [0.4, 0.5) is 0 Å². The van der Waals surface area contributed by atoms with Gasteiger partial charge in [0.05, 0.1) is 6.42 Å². The van der Waals surface area contributed by atoms with Crippen LogP contribution in [0.1, 0.15) is 26.2 Å². The number of hydrogen-bond acceptors (Lipinski definition) is 3. The van der Waals surface area contributed by atoms with E-state index in [2.05, 4.69) is 17.3 Å². The molecule has 0 spiro atoms. The van der Waals surface area contributed by atoms with Gasteiger partial charge in [0.25, 0.3) is 0 Å². The lowest BCUT2D eigenvalue weighted by Crippen LogP contribution is -2.37. The molecular weight excluding hydrogens is 230 g/mol. The van der Waals surface area contributed by atoms with Crippen LogP contribution in [-0.2, 0) is 9.59 Å². The van der Waals surface area contributed by atoms with Gasteiger partial charge in [0.2, 0.25) is 11.8 Å². The third-order valence-electron chi connectivity index (χ3n) is 3.36. The Labute approximate surface area is 109 Å². The van der Waals surface area contributed by atoms with E-state index in [0.717, 1.165) is 32.5 Å². The molecular formula is C13H24N3O2. The van der Waals surface area contributed by atoms with Crippen LogP contribution in [0.25, 0.3) is 0 Å². The van der Waals surface area contributed by atoms with Gasteiger partial charge in [-0.3, -0.25) is 9.59 Å². The van der Waals surface area contributed by atoms with Crippen molar-refractivity contribution >= 4 is 11.8 Å². The molecule has 2 amide bonds. The fraction of sp³-hybridized carbons (Fsp3) is 0.769. The third-order valence-corrected chi connectivity index (χ3v) is 3.36. The van der Waals surface area contributed by atoms with Crippen LogP contribution in [0, 0.1) is 18.3 Å². The highest BCUT2D eigenvalue weighted by molar-refractivity contribution is 5.86. The standard InChI is InChI=1S/C13H24N3O2/c1-10(7-12(14)17)8-13(18)15-9-11-3-5-16(2)6-4-11/h8,10-11H,3-7,9H2,1-2H3,(H2,14,17)(H,15,18)/t10-/m1/s1. The Balaban J connectivity index is 2.15. The highest BCUT2D eigenvalue weighted by Crippen LogP contribution is 2.15. The Morgan fingerprint density at radius 1 is 1.44 bits per heavy atom. The first kappa shape index (κ1) is 15.0. The topological polar surface area (TPSA) is 75.4 Å². The van der Waals surface area contributed by atoms with E-state index in [-0.39, 0.29) is 24.2 Å². The van der Waals surface area contributed by atoms with Crippen molar-refractivity contribution < 1.29 is 9.59 Å². The van der Waals surface area contributed by atoms with Gasteiger partial charge in [-0.1, -0.05) is 6.92 Å². The van der Waals surface area contributed by atoms with Crippen molar-refractivity contribution in [2.75, 3.05) is 26.7 Å². The summed E-state index contributed by atoms with van der Waals surface area (Å²) >= 11 is 0. The molecule has 0 unspecified atom stereocenters. The molecule has 0 aromatic rings. The van der Waals surface area contributed by atoms with Gasteiger partial charge in [0.1, 0.15) is 0 Å². The number of rotatable bonds is 6. The van der Waals surface area contributed by atoms with Crippen LogP contribution in [-0.4, -0.2) is 43.4 Å². The molecule has 5 nitrogen and oxygen atoms in total. The number of primary amides is 1. The van der Waals surface area contributed by atoms with E-state index in [1.165, 1.54) is 0 Å². The maximum Gasteiger partial charge on any atom is 0.224 e. The molecule has 0 saturated carbocycles. The van der Waals surface area contributed by atoms with Crippen LogP contribution < -0.4 is 11.1 Å². The second-order valence-electron chi connectivity index (χ2n) is 5.31. The summed E-state index contributed by atoms with van der Waals surface area (Å²) in [5.74, 6) is 0.00883. The number of likely N-dealkylation sites (tertiary alicyclic amines) is 1. The van der Waals surface area contributed by atoms with E-state index in [4.69, 9.17) is 5.73 Å². The first-order valence-electron chi connectivity index (χ1n) is 6.57. The second kappa shape index (κ2) is 7.36. The van der Waals surface area contributed by atoms with Crippen molar-refractivity contribution in [3.05, 3.63) is 6.42 Å². The number of nitrogens with zero attached hydrogens (tertiary/aromatic N) is 1. The van der Waals surface area contributed by atoms with Gasteiger partial charge >= 0.3 is 0 Å². The minimum absolute atomic E-state index is 0.0947. The number of hydrogen-bond donors (Lipinski definition) is 2. The van der Waals surface area contributed by atoms with Crippen LogP contribution in [0.5, 0.6) is 0 Å². The molecule has 1 aliphatic heterocycles. The second-order valence-corrected chi connectivity index (χ2v) is 5.31. The lowest BCUT2D eigenvalue weighted by molar-refractivity contribution is -0.119. The van der Waals surface area contributed by atoms with E-state index >= 15 is 0 Å². The van der Waals surface area contributed by atoms with Crippen LogP contribution in [0.2, 0.25) is 0 Å². The SMILES string of the molecule is C[C@@H]([CH]C(=O)NCC1CCN(C)CC1)CC(N)=O. The smallest absolute Gasteiger partial charge is 0.224 e. The quantitative estimate of drug-likeness (QED) is 0.709. The Kier molecular flexibility index (Phi) is 6.12. The van der Waals surface area contributed by atoms with Crippen LogP contribution in [0.3, 0.4) is 0 Å². The molecule has 1 atom stereocenters. The largest absolute Gasteiger partial charge is 0.370 e. The predicted molar refractivity (Wildman–Crippen MR) is 70.5 cm³/mol. The molecule has 1 radical (unpaired) electrons. The monoisotopic (exact) mass is 254 g/mol. The zero-order valence-corrected chi connectivity index (χ0v) is 11.3. The van der Waals surface area contributed by atoms with Crippen molar-refractivity contribution in [1.82, 2.24) is 10.2 Å². The molecule has 1 rings (SSSR count). The summed E-state index contributed by atoms with van der Waals surface area (Å²) in [7, 11) is 2.12. The zero-order chi connectivity index (χ0) is 13.5. The number of amides is 2. The van der Waals surface area contributed by atoms with Crippen molar-refractivity contribution in [3.63, 3.8) is 0 Å². The molecule has 0 aliphatic carbocycles. The molecule has 0 aromatic carbocycles. The molecule has 18 heavy (non-hydrogen) atoms. The number of nitrogens with two attached hydrogens (primary N) is 1. The van der Waals surface area contributed by atoms with Crippen LogP contribution >= 0.6 is 0 Å². The van der Waals surface area contributed by atoms with Crippen molar-refractivity contribution in [2.24, 2.45) is 17.6 Å². The van der Waals surface area contributed by atoms with Crippen molar-refractivity contribution in [3.8, 4) is 0 Å². The van der Waals surface area contributed by atoms with E-state index in [9.17, 15) is 9.59 Å². The lowest BCUT2D eigenvalue weighted by atomic mass is 9.97. The zero-order valence-electron chi connectivity index (χ0n) is 11.3. The molecule has 0 aromatic heterocycles. The van der Waals surface area contributed by atoms with Gasteiger partial charge in [-0.2, -0.15) is 0 Å². The minimum atomic E-state index is -0.373. The summed E-state index contributed by atoms with van der Waals surface area (Å²) in [6.07, 6.45) is 4.03. The van der Waals surface area contributed by atoms with Crippen LogP contribution in [0.15, 0.2) is 0 Å². The number of nitrogens with one attached hydrogen (secondary N) is 1. The van der Waals surface area contributed by atoms with E-state index < -0.39 is 0 Å². The number of piperidine rings is 1.